The average Bonchev–Trinajstić information content (AvgIpc) is 2.48. The molecule has 0 bridgehead atoms. The molecule has 1 aromatic rings. The lowest BCUT2D eigenvalue weighted by atomic mass is 10.4. The summed E-state index contributed by atoms with van der Waals surface area (Å²) in [6, 6.07) is 0. The van der Waals surface area contributed by atoms with Crippen LogP contribution in [0.3, 0.4) is 0 Å². The van der Waals surface area contributed by atoms with E-state index in [1.807, 2.05) is 0 Å². The topological polar surface area (TPSA) is 94.0 Å². The summed E-state index contributed by atoms with van der Waals surface area (Å²) in [5, 5.41) is 15.5. The molecular weight excluding hydrogens is 196 g/mol. The van der Waals surface area contributed by atoms with Crippen molar-refractivity contribution in [3.8, 4) is 0 Å². The Labute approximate surface area is 81.1 Å². The summed E-state index contributed by atoms with van der Waals surface area (Å²) >= 11 is 0. The van der Waals surface area contributed by atoms with Crippen molar-refractivity contribution in [2.75, 3.05) is 6.54 Å². The van der Waals surface area contributed by atoms with Crippen LogP contribution in [-0.2, 0) is 6.54 Å². The second-order valence-electron chi connectivity index (χ2n) is 2.31. The van der Waals surface area contributed by atoms with Gasteiger partial charge in [0.1, 0.15) is 0 Å². The molecule has 7 heteroatoms. The fraction of sp³-hybridized carbons (Fsp3) is 0.500. The van der Waals surface area contributed by atoms with Crippen LogP contribution < -0.4 is 5.73 Å². The van der Waals surface area contributed by atoms with Gasteiger partial charge in [0.2, 0.25) is 0 Å². The molecular formula is C6H11ClN4O2. The van der Waals surface area contributed by atoms with Crippen LogP contribution >= 0.6 is 12.4 Å². The van der Waals surface area contributed by atoms with Gasteiger partial charge < -0.3 is 10.8 Å². The molecule has 74 valence electrons. The maximum Gasteiger partial charge on any atom is 0.358 e. The predicted octanol–water partition coefficient (Wildman–Crippen LogP) is -0.253. The Hall–Kier alpha value is -1.14. The maximum absolute atomic E-state index is 10.3. The predicted molar refractivity (Wildman–Crippen MR) is 47.9 cm³/mol. The van der Waals surface area contributed by atoms with Crippen molar-refractivity contribution in [2.24, 2.45) is 5.73 Å². The van der Waals surface area contributed by atoms with Gasteiger partial charge in [-0.1, -0.05) is 5.21 Å². The van der Waals surface area contributed by atoms with Gasteiger partial charge in [0, 0.05) is 6.54 Å². The van der Waals surface area contributed by atoms with Crippen molar-refractivity contribution in [1.82, 2.24) is 15.0 Å². The van der Waals surface area contributed by atoms with Gasteiger partial charge in [0.25, 0.3) is 0 Å². The minimum atomic E-state index is -1.06. The summed E-state index contributed by atoms with van der Waals surface area (Å²) in [5.41, 5.74) is 5.23. The Morgan fingerprint density at radius 2 is 2.38 bits per heavy atom. The minimum absolute atomic E-state index is 0. The molecule has 0 aromatic carbocycles. The lowest BCUT2D eigenvalue weighted by Gasteiger charge is -1.94. The molecule has 3 N–H and O–H groups in total. The minimum Gasteiger partial charge on any atom is -0.476 e. The number of carbonyl (C=O) groups is 1. The van der Waals surface area contributed by atoms with E-state index in [9.17, 15) is 4.79 Å². The van der Waals surface area contributed by atoms with E-state index >= 15 is 0 Å². The molecule has 0 fully saturated rings. The number of halogens is 1. The van der Waals surface area contributed by atoms with Crippen LogP contribution in [0.25, 0.3) is 0 Å². The molecule has 1 rings (SSSR count). The van der Waals surface area contributed by atoms with Gasteiger partial charge in [-0.05, 0) is 13.0 Å². The van der Waals surface area contributed by atoms with Crippen molar-refractivity contribution in [1.29, 1.82) is 0 Å². The molecule has 0 spiro atoms. The van der Waals surface area contributed by atoms with Gasteiger partial charge in [0.15, 0.2) is 5.69 Å². The number of carboxylic acid groups (broad SMARTS) is 1. The van der Waals surface area contributed by atoms with Crippen molar-refractivity contribution in [3.05, 3.63) is 11.9 Å². The molecule has 0 aliphatic carbocycles. The summed E-state index contributed by atoms with van der Waals surface area (Å²) in [5.74, 6) is -1.06. The van der Waals surface area contributed by atoms with E-state index < -0.39 is 5.97 Å². The highest BCUT2D eigenvalue weighted by Crippen LogP contribution is 1.93. The van der Waals surface area contributed by atoms with Gasteiger partial charge >= 0.3 is 5.97 Å². The SMILES string of the molecule is Cl.NCCCn1cc(C(=O)O)nn1. The Morgan fingerprint density at radius 3 is 2.85 bits per heavy atom. The number of aromatic nitrogens is 3. The summed E-state index contributed by atoms with van der Waals surface area (Å²) in [6.45, 7) is 1.17. The van der Waals surface area contributed by atoms with E-state index in [1.165, 1.54) is 10.9 Å². The zero-order valence-corrected chi connectivity index (χ0v) is 7.70. The molecule has 0 atom stereocenters. The Balaban J connectivity index is 0.00000144. The molecule has 0 amide bonds. The average molecular weight is 207 g/mol. The first kappa shape index (κ1) is 11.9. The quantitative estimate of drug-likeness (QED) is 0.708. The number of carboxylic acids is 1. The highest BCUT2D eigenvalue weighted by atomic mass is 35.5. The second-order valence-corrected chi connectivity index (χ2v) is 2.31. The highest BCUT2D eigenvalue weighted by Gasteiger charge is 2.06. The van der Waals surface area contributed by atoms with Gasteiger partial charge in [-0.3, -0.25) is 4.68 Å². The third kappa shape index (κ3) is 3.39. The molecule has 0 radical (unpaired) electrons. The van der Waals surface area contributed by atoms with Crippen LogP contribution in [0.1, 0.15) is 16.9 Å². The summed E-state index contributed by atoms with van der Waals surface area (Å²) in [4.78, 5) is 10.3. The zero-order chi connectivity index (χ0) is 8.97. The second kappa shape index (κ2) is 5.50. The summed E-state index contributed by atoms with van der Waals surface area (Å²) in [7, 11) is 0. The zero-order valence-electron chi connectivity index (χ0n) is 6.88. The third-order valence-electron chi connectivity index (χ3n) is 1.35. The van der Waals surface area contributed by atoms with Gasteiger partial charge in [0.05, 0.1) is 6.20 Å². The van der Waals surface area contributed by atoms with E-state index in [0.717, 1.165) is 6.42 Å². The van der Waals surface area contributed by atoms with Crippen molar-refractivity contribution < 1.29 is 9.90 Å². The standard InChI is InChI=1S/C6H10N4O2.ClH/c7-2-1-3-10-4-5(6(11)12)8-9-10;/h4H,1-3,7H2,(H,11,12);1H. The van der Waals surface area contributed by atoms with Gasteiger partial charge in [-0.15, -0.1) is 17.5 Å². The molecule has 0 saturated carbocycles. The molecule has 13 heavy (non-hydrogen) atoms. The molecule has 1 aromatic heterocycles. The van der Waals surface area contributed by atoms with E-state index in [-0.39, 0.29) is 18.1 Å². The number of aromatic carboxylic acids is 1. The number of nitrogens with two attached hydrogens (primary N) is 1. The van der Waals surface area contributed by atoms with Crippen LogP contribution in [0.4, 0.5) is 0 Å². The van der Waals surface area contributed by atoms with E-state index in [0.29, 0.717) is 13.1 Å². The van der Waals surface area contributed by atoms with Crippen molar-refractivity contribution in [2.45, 2.75) is 13.0 Å². The first-order valence-corrected chi connectivity index (χ1v) is 3.57. The number of aryl methyl sites for hydroxylation is 1. The van der Waals surface area contributed by atoms with Crippen LogP contribution in [0.2, 0.25) is 0 Å². The number of rotatable bonds is 4. The molecule has 1 heterocycles. The fourth-order valence-corrected chi connectivity index (χ4v) is 0.759. The molecule has 0 saturated heterocycles. The Kier molecular flexibility index (Phi) is 5.01. The monoisotopic (exact) mass is 206 g/mol. The number of hydrogen-bond acceptors (Lipinski definition) is 4. The summed E-state index contributed by atoms with van der Waals surface area (Å²) in [6.07, 6.45) is 2.15. The van der Waals surface area contributed by atoms with Gasteiger partial charge in [-0.25, -0.2) is 4.79 Å². The van der Waals surface area contributed by atoms with Crippen LogP contribution in [0.5, 0.6) is 0 Å². The van der Waals surface area contributed by atoms with Crippen molar-refractivity contribution >= 4 is 18.4 Å². The normalized spacial score (nSPS) is 9.31. The molecule has 6 nitrogen and oxygen atoms in total. The lowest BCUT2D eigenvalue weighted by molar-refractivity contribution is 0.0690. The maximum atomic E-state index is 10.3. The van der Waals surface area contributed by atoms with Crippen LogP contribution in [0, 0.1) is 0 Å². The van der Waals surface area contributed by atoms with Crippen LogP contribution in [0.15, 0.2) is 6.20 Å². The lowest BCUT2D eigenvalue weighted by Crippen LogP contribution is -2.06. The summed E-state index contributed by atoms with van der Waals surface area (Å²) < 4.78 is 1.47. The fourth-order valence-electron chi connectivity index (χ4n) is 0.759. The Bertz CT molecular complexity index is 275. The third-order valence-corrected chi connectivity index (χ3v) is 1.35. The van der Waals surface area contributed by atoms with E-state index in [4.69, 9.17) is 10.8 Å². The highest BCUT2D eigenvalue weighted by molar-refractivity contribution is 5.85. The van der Waals surface area contributed by atoms with E-state index in [2.05, 4.69) is 10.3 Å². The first-order chi connectivity index (χ1) is 5.74. The smallest absolute Gasteiger partial charge is 0.358 e. The van der Waals surface area contributed by atoms with Crippen LogP contribution in [-0.4, -0.2) is 32.6 Å². The Morgan fingerprint density at radius 1 is 1.69 bits per heavy atom. The van der Waals surface area contributed by atoms with Gasteiger partial charge in [-0.2, -0.15) is 0 Å². The number of hydrogen-bond donors (Lipinski definition) is 2. The molecule has 0 aliphatic heterocycles. The molecule has 0 unspecified atom stereocenters. The van der Waals surface area contributed by atoms with Crippen molar-refractivity contribution in [3.63, 3.8) is 0 Å². The number of nitrogens with zero attached hydrogens (tertiary/aromatic N) is 3. The first-order valence-electron chi connectivity index (χ1n) is 3.57. The largest absolute Gasteiger partial charge is 0.476 e. The van der Waals surface area contributed by atoms with E-state index in [1.54, 1.807) is 0 Å². The molecule has 0 aliphatic rings.